The molecule has 1 amide bonds. The highest BCUT2D eigenvalue weighted by atomic mass is 16.5. The standard InChI is InChI=1S/C20H27N3O2/c1-16-21-12-13-23(16)15-17-7-9-18(10-8-17)20(24)22-11-4-14-25-19-5-2-3-6-19/h7-10,12-13,19H,2-6,11,14-15H2,1H3,(H,22,24). The molecule has 0 unspecified atom stereocenters. The number of rotatable bonds is 8. The summed E-state index contributed by atoms with van der Waals surface area (Å²) in [6.07, 6.45) is 10.0. The monoisotopic (exact) mass is 341 g/mol. The minimum Gasteiger partial charge on any atom is -0.378 e. The smallest absolute Gasteiger partial charge is 0.251 e. The SMILES string of the molecule is Cc1nccn1Cc1ccc(C(=O)NCCCOC2CCCC2)cc1. The minimum absolute atomic E-state index is 0.0220. The fraction of sp³-hybridized carbons (Fsp3) is 0.500. The van der Waals surface area contributed by atoms with E-state index in [1.54, 1.807) is 6.20 Å². The zero-order valence-electron chi connectivity index (χ0n) is 14.9. The number of nitrogens with one attached hydrogen (secondary N) is 1. The number of imidazole rings is 1. The second-order valence-corrected chi connectivity index (χ2v) is 6.69. The first-order valence-electron chi connectivity index (χ1n) is 9.19. The van der Waals surface area contributed by atoms with Gasteiger partial charge in [-0.25, -0.2) is 4.98 Å². The maximum Gasteiger partial charge on any atom is 0.251 e. The molecule has 0 aliphatic heterocycles. The highest BCUT2D eigenvalue weighted by Gasteiger charge is 2.14. The summed E-state index contributed by atoms with van der Waals surface area (Å²) in [5.41, 5.74) is 1.85. The molecule has 5 nitrogen and oxygen atoms in total. The van der Waals surface area contributed by atoms with E-state index in [4.69, 9.17) is 4.74 Å². The zero-order chi connectivity index (χ0) is 17.5. The lowest BCUT2D eigenvalue weighted by Gasteiger charge is -2.11. The number of carbonyl (C=O) groups excluding carboxylic acids is 1. The first-order chi connectivity index (χ1) is 12.2. The Kier molecular flexibility index (Phi) is 6.23. The largest absolute Gasteiger partial charge is 0.378 e. The van der Waals surface area contributed by atoms with E-state index in [1.807, 2.05) is 37.4 Å². The van der Waals surface area contributed by atoms with Crippen molar-refractivity contribution in [2.75, 3.05) is 13.2 Å². The highest BCUT2D eigenvalue weighted by Crippen LogP contribution is 2.20. The van der Waals surface area contributed by atoms with Gasteiger partial charge in [-0.1, -0.05) is 25.0 Å². The summed E-state index contributed by atoms with van der Waals surface area (Å²) in [7, 11) is 0. The lowest BCUT2D eigenvalue weighted by Crippen LogP contribution is -2.25. The molecule has 1 aromatic carbocycles. The van der Waals surface area contributed by atoms with E-state index in [9.17, 15) is 4.79 Å². The van der Waals surface area contributed by atoms with Gasteiger partial charge in [0.2, 0.25) is 0 Å². The van der Waals surface area contributed by atoms with Gasteiger partial charge in [-0.2, -0.15) is 0 Å². The maximum absolute atomic E-state index is 12.2. The van der Waals surface area contributed by atoms with Gasteiger partial charge in [0, 0.05) is 37.7 Å². The van der Waals surface area contributed by atoms with Gasteiger partial charge in [0.1, 0.15) is 5.82 Å². The lowest BCUT2D eigenvalue weighted by molar-refractivity contribution is 0.0565. The Morgan fingerprint density at radius 1 is 1.28 bits per heavy atom. The number of hydrogen-bond donors (Lipinski definition) is 1. The molecule has 0 bridgehead atoms. The van der Waals surface area contributed by atoms with Crippen LogP contribution < -0.4 is 5.32 Å². The Bertz CT molecular complexity index is 673. The van der Waals surface area contributed by atoms with Crippen molar-refractivity contribution < 1.29 is 9.53 Å². The number of carbonyl (C=O) groups is 1. The Morgan fingerprint density at radius 3 is 2.72 bits per heavy atom. The number of aromatic nitrogens is 2. The van der Waals surface area contributed by atoms with E-state index in [0.29, 0.717) is 18.2 Å². The fourth-order valence-electron chi connectivity index (χ4n) is 3.21. The first kappa shape index (κ1) is 17.7. The number of nitrogens with zero attached hydrogens (tertiary/aromatic N) is 2. The molecular weight excluding hydrogens is 314 g/mol. The molecule has 5 heteroatoms. The molecule has 25 heavy (non-hydrogen) atoms. The first-order valence-corrected chi connectivity index (χ1v) is 9.19. The van der Waals surface area contributed by atoms with Crippen LogP contribution in [0.25, 0.3) is 0 Å². The molecule has 0 radical (unpaired) electrons. The quantitative estimate of drug-likeness (QED) is 0.750. The maximum atomic E-state index is 12.2. The molecule has 1 aliphatic rings. The number of ether oxygens (including phenoxy) is 1. The van der Waals surface area contributed by atoms with Crippen molar-refractivity contribution in [1.82, 2.24) is 14.9 Å². The molecule has 134 valence electrons. The van der Waals surface area contributed by atoms with Crippen molar-refractivity contribution in [1.29, 1.82) is 0 Å². The molecule has 0 atom stereocenters. The van der Waals surface area contributed by atoms with Crippen molar-refractivity contribution in [3.8, 4) is 0 Å². The van der Waals surface area contributed by atoms with Crippen LogP contribution in [0.1, 0.15) is 53.8 Å². The highest BCUT2D eigenvalue weighted by molar-refractivity contribution is 5.94. The van der Waals surface area contributed by atoms with E-state index in [0.717, 1.165) is 31.0 Å². The second kappa shape index (κ2) is 8.81. The van der Waals surface area contributed by atoms with Crippen LogP contribution in [0, 0.1) is 6.92 Å². The number of hydrogen-bond acceptors (Lipinski definition) is 3. The van der Waals surface area contributed by atoms with E-state index >= 15 is 0 Å². The van der Waals surface area contributed by atoms with Crippen LogP contribution in [0.4, 0.5) is 0 Å². The molecule has 1 fully saturated rings. The van der Waals surface area contributed by atoms with Crippen LogP contribution in [0.5, 0.6) is 0 Å². The van der Waals surface area contributed by atoms with Crippen LogP contribution in [-0.2, 0) is 11.3 Å². The average Bonchev–Trinajstić information content (AvgIpc) is 3.27. The van der Waals surface area contributed by atoms with Crippen LogP contribution in [0.3, 0.4) is 0 Å². The third-order valence-corrected chi connectivity index (χ3v) is 4.76. The van der Waals surface area contributed by atoms with E-state index in [-0.39, 0.29) is 5.91 Å². The summed E-state index contributed by atoms with van der Waals surface area (Å²) in [4.78, 5) is 16.4. The third kappa shape index (κ3) is 5.16. The molecule has 0 spiro atoms. The Balaban J connectivity index is 1.39. The van der Waals surface area contributed by atoms with Gasteiger partial charge in [0.15, 0.2) is 0 Å². The summed E-state index contributed by atoms with van der Waals surface area (Å²) >= 11 is 0. The number of aryl methyl sites for hydroxylation is 1. The van der Waals surface area contributed by atoms with E-state index in [1.165, 1.54) is 25.7 Å². The molecule has 2 aromatic rings. The zero-order valence-corrected chi connectivity index (χ0v) is 14.9. The summed E-state index contributed by atoms with van der Waals surface area (Å²) in [5.74, 6) is 0.966. The third-order valence-electron chi connectivity index (χ3n) is 4.76. The van der Waals surface area contributed by atoms with Gasteiger partial charge in [0.05, 0.1) is 6.10 Å². The summed E-state index contributed by atoms with van der Waals surface area (Å²) < 4.78 is 7.89. The molecular formula is C20H27N3O2. The fourth-order valence-corrected chi connectivity index (χ4v) is 3.21. The average molecular weight is 341 g/mol. The second-order valence-electron chi connectivity index (χ2n) is 6.69. The van der Waals surface area contributed by atoms with Crippen LogP contribution in [0.15, 0.2) is 36.7 Å². The van der Waals surface area contributed by atoms with Crippen molar-refractivity contribution in [2.45, 2.75) is 51.7 Å². The van der Waals surface area contributed by atoms with E-state index < -0.39 is 0 Å². The molecule has 1 N–H and O–H groups in total. The van der Waals surface area contributed by atoms with Gasteiger partial charge in [-0.3, -0.25) is 4.79 Å². The van der Waals surface area contributed by atoms with Crippen molar-refractivity contribution >= 4 is 5.91 Å². The van der Waals surface area contributed by atoms with Gasteiger partial charge < -0.3 is 14.6 Å². The van der Waals surface area contributed by atoms with Gasteiger partial charge in [0.25, 0.3) is 5.91 Å². The molecule has 1 heterocycles. The number of benzene rings is 1. The summed E-state index contributed by atoms with van der Waals surface area (Å²) in [6, 6.07) is 7.76. The summed E-state index contributed by atoms with van der Waals surface area (Å²) in [5, 5.41) is 2.96. The number of amides is 1. The minimum atomic E-state index is -0.0220. The molecule has 1 aromatic heterocycles. The lowest BCUT2D eigenvalue weighted by atomic mass is 10.1. The van der Waals surface area contributed by atoms with Crippen molar-refractivity contribution in [2.24, 2.45) is 0 Å². The Morgan fingerprint density at radius 2 is 2.04 bits per heavy atom. The van der Waals surface area contributed by atoms with Crippen LogP contribution in [-0.4, -0.2) is 34.7 Å². The van der Waals surface area contributed by atoms with Gasteiger partial charge >= 0.3 is 0 Å². The normalized spacial score (nSPS) is 14.8. The Hall–Kier alpha value is -2.14. The predicted octanol–water partition coefficient (Wildman–Crippen LogP) is 3.32. The molecule has 0 saturated heterocycles. The molecule has 1 aliphatic carbocycles. The van der Waals surface area contributed by atoms with Crippen molar-refractivity contribution in [3.63, 3.8) is 0 Å². The van der Waals surface area contributed by atoms with Gasteiger partial charge in [-0.05, 0) is 43.9 Å². The molecule has 1 saturated carbocycles. The van der Waals surface area contributed by atoms with Gasteiger partial charge in [-0.15, -0.1) is 0 Å². The van der Waals surface area contributed by atoms with Crippen molar-refractivity contribution in [3.05, 3.63) is 53.6 Å². The summed E-state index contributed by atoms with van der Waals surface area (Å²) in [6.45, 7) is 4.14. The molecule has 3 rings (SSSR count). The topological polar surface area (TPSA) is 56.2 Å². The predicted molar refractivity (Wildman–Crippen MR) is 97.7 cm³/mol. The Labute approximate surface area is 149 Å². The van der Waals surface area contributed by atoms with E-state index in [2.05, 4.69) is 14.9 Å². The van der Waals surface area contributed by atoms with Crippen LogP contribution >= 0.6 is 0 Å². The van der Waals surface area contributed by atoms with Crippen LogP contribution in [0.2, 0.25) is 0 Å².